The molecule has 1 fully saturated rings. The summed E-state index contributed by atoms with van der Waals surface area (Å²) in [5.41, 5.74) is 0.140. The van der Waals surface area contributed by atoms with E-state index in [4.69, 9.17) is 4.74 Å². The van der Waals surface area contributed by atoms with Crippen LogP contribution in [0.4, 0.5) is 16.2 Å². The molecule has 0 spiro atoms. The maximum Gasteiger partial charge on any atom is 0.410 e. The van der Waals surface area contributed by atoms with E-state index in [1.165, 1.54) is 6.07 Å². The van der Waals surface area contributed by atoms with Crippen LogP contribution >= 0.6 is 15.9 Å². The average Bonchev–Trinajstić information content (AvgIpc) is 2.52. The van der Waals surface area contributed by atoms with Gasteiger partial charge in [-0.2, -0.15) is 0 Å². The number of likely N-dealkylation sites (tertiary alicyclic amines) is 1. The van der Waals surface area contributed by atoms with E-state index in [0.717, 1.165) is 19.3 Å². The van der Waals surface area contributed by atoms with E-state index in [9.17, 15) is 14.9 Å². The van der Waals surface area contributed by atoms with Crippen molar-refractivity contribution in [1.82, 2.24) is 4.90 Å². The highest BCUT2D eigenvalue weighted by molar-refractivity contribution is 9.10. The van der Waals surface area contributed by atoms with Gasteiger partial charge in [0.1, 0.15) is 5.60 Å². The van der Waals surface area contributed by atoms with Gasteiger partial charge in [-0.25, -0.2) is 4.79 Å². The summed E-state index contributed by atoms with van der Waals surface area (Å²) in [4.78, 5) is 24.8. The van der Waals surface area contributed by atoms with E-state index < -0.39 is 10.5 Å². The molecule has 8 heteroatoms. The molecule has 0 aliphatic carbocycles. The maximum absolute atomic E-state index is 12.4. The summed E-state index contributed by atoms with van der Waals surface area (Å²) in [5, 5.41) is 14.2. The zero-order valence-corrected chi connectivity index (χ0v) is 16.3. The van der Waals surface area contributed by atoms with Crippen LogP contribution < -0.4 is 5.32 Å². The van der Waals surface area contributed by atoms with Gasteiger partial charge in [0.15, 0.2) is 0 Å². The Morgan fingerprint density at radius 1 is 1.44 bits per heavy atom. The fraction of sp³-hybridized carbons (Fsp3) is 0.588. The number of ether oxygens (including phenoxy) is 1. The second kappa shape index (κ2) is 8.03. The van der Waals surface area contributed by atoms with Gasteiger partial charge in [-0.3, -0.25) is 10.1 Å². The Morgan fingerprint density at radius 2 is 2.16 bits per heavy atom. The Hall–Kier alpha value is -1.83. The van der Waals surface area contributed by atoms with E-state index in [1.54, 1.807) is 17.0 Å². The number of rotatable bonds is 4. The Bertz CT molecular complexity index is 645. The SMILES string of the molecule is CC(C)(C)OC(=O)N1CCCCC1CNc1ccc(Br)c([N+](=O)[O-])c1. The van der Waals surface area contributed by atoms with Gasteiger partial charge in [0.25, 0.3) is 5.69 Å². The first-order valence-corrected chi connectivity index (χ1v) is 9.14. The molecule has 1 aromatic rings. The molecule has 1 aliphatic rings. The lowest BCUT2D eigenvalue weighted by Gasteiger charge is -2.37. The molecule has 1 N–H and O–H groups in total. The van der Waals surface area contributed by atoms with Crippen molar-refractivity contribution in [2.45, 2.75) is 51.7 Å². The quantitative estimate of drug-likeness (QED) is 0.577. The largest absolute Gasteiger partial charge is 0.444 e. The molecule has 25 heavy (non-hydrogen) atoms. The molecule has 0 saturated carbocycles. The first-order valence-electron chi connectivity index (χ1n) is 8.35. The third kappa shape index (κ3) is 5.59. The van der Waals surface area contributed by atoms with Gasteiger partial charge in [0.2, 0.25) is 0 Å². The predicted molar refractivity (Wildman–Crippen MR) is 99.9 cm³/mol. The zero-order valence-electron chi connectivity index (χ0n) is 14.8. The first-order chi connectivity index (χ1) is 11.7. The number of nitrogens with zero attached hydrogens (tertiary/aromatic N) is 2. The molecule has 138 valence electrons. The number of nitro benzene ring substituents is 1. The van der Waals surface area contributed by atoms with Gasteiger partial charge < -0.3 is 15.0 Å². The highest BCUT2D eigenvalue weighted by Gasteiger charge is 2.30. The van der Waals surface area contributed by atoms with Gasteiger partial charge in [-0.1, -0.05) is 0 Å². The molecule has 0 aromatic heterocycles. The Labute approximate surface area is 156 Å². The van der Waals surface area contributed by atoms with Crippen molar-refractivity contribution in [3.63, 3.8) is 0 Å². The minimum atomic E-state index is -0.529. The van der Waals surface area contributed by atoms with Crippen LogP contribution in [0, 0.1) is 10.1 Å². The Kier molecular flexibility index (Phi) is 6.26. The number of nitro groups is 1. The van der Waals surface area contributed by atoms with Crippen molar-refractivity contribution in [3.8, 4) is 0 Å². The van der Waals surface area contributed by atoms with Crippen LogP contribution in [0.5, 0.6) is 0 Å². The van der Waals surface area contributed by atoms with Crippen molar-refractivity contribution in [2.75, 3.05) is 18.4 Å². The van der Waals surface area contributed by atoms with Crippen molar-refractivity contribution < 1.29 is 14.5 Å². The molecule has 1 saturated heterocycles. The number of piperidine rings is 1. The monoisotopic (exact) mass is 413 g/mol. The average molecular weight is 414 g/mol. The molecular formula is C17H24BrN3O4. The molecule has 1 atom stereocenters. The number of hydrogen-bond donors (Lipinski definition) is 1. The lowest BCUT2D eigenvalue weighted by Crippen LogP contribution is -2.48. The molecule has 1 aromatic carbocycles. The summed E-state index contributed by atoms with van der Waals surface area (Å²) in [6, 6.07) is 4.92. The van der Waals surface area contributed by atoms with Crippen molar-refractivity contribution in [1.29, 1.82) is 0 Å². The van der Waals surface area contributed by atoms with Crippen LogP contribution in [0.15, 0.2) is 22.7 Å². The minimum absolute atomic E-state index is 0.00584. The van der Waals surface area contributed by atoms with Crippen LogP contribution in [0.1, 0.15) is 40.0 Å². The van der Waals surface area contributed by atoms with Gasteiger partial charge in [-0.15, -0.1) is 0 Å². The smallest absolute Gasteiger partial charge is 0.410 e. The molecule has 0 radical (unpaired) electrons. The summed E-state index contributed by atoms with van der Waals surface area (Å²) in [7, 11) is 0. The van der Waals surface area contributed by atoms with Crippen LogP contribution in [0.25, 0.3) is 0 Å². The van der Waals surface area contributed by atoms with Crippen LogP contribution in [-0.2, 0) is 4.74 Å². The number of hydrogen-bond acceptors (Lipinski definition) is 5. The number of carbonyl (C=O) groups is 1. The highest BCUT2D eigenvalue weighted by atomic mass is 79.9. The highest BCUT2D eigenvalue weighted by Crippen LogP contribution is 2.28. The standard InChI is InChI=1S/C17H24BrN3O4/c1-17(2,3)25-16(22)20-9-5-4-6-13(20)11-19-12-7-8-14(18)15(10-12)21(23)24/h7-8,10,13,19H,4-6,9,11H2,1-3H3. The fourth-order valence-electron chi connectivity index (χ4n) is 2.77. The van der Waals surface area contributed by atoms with E-state index >= 15 is 0 Å². The number of halogens is 1. The summed E-state index contributed by atoms with van der Waals surface area (Å²) in [6.45, 7) is 6.75. The zero-order chi connectivity index (χ0) is 18.6. The number of benzene rings is 1. The van der Waals surface area contributed by atoms with Gasteiger partial charge in [0, 0.05) is 24.8 Å². The van der Waals surface area contributed by atoms with Crippen LogP contribution in [0.3, 0.4) is 0 Å². The van der Waals surface area contributed by atoms with E-state index in [1.807, 2.05) is 20.8 Å². The van der Waals surface area contributed by atoms with Gasteiger partial charge in [-0.05, 0) is 68.1 Å². The minimum Gasteiger partial charge on any atom is -0.444 e. The van der Waals surface area contributed by atoms with Crippen molar-refractivity contribution >= 4 is 33.4 Å². The molecule has 7 nitrogen and oxygen atoms in total. The lowest BCUT2D eigenvalue weighted by molar-refractivity contribution is -0.385. The molecule has 1 amide bonds. The topological polar surface area (TPSA) is 84.7 Å². The first kappa shape index (κ1) is 19.5. The van der Waals surface area contributed by atoms with E-state index in [0.29, 0.717) is 23.2 Å². The van der Waals surface area contributed by atoms with Crippen LogP contribution in [0.2, 0.25) is 0 Å². The molecule has 1 heterocycles. The maximum atomic E-state index is 12.4. The number of nitrogens with one attached hydrogen (secondary N) is 1. The summed E-state index contributed by atoms with van der Waals surface area (Å²) in [6.07, 6.45) is 2.58. The van der Waals surface area contributed by atoms with Gasteiger partial charge >= 0.3 is 6.09 Å². The second-order valence-electron chi connectivity index (χ2n) is 7.13. The van der Waals surface area contributed by atoms with Crippen LogP contribution in [-0.4, -0.2) is 40.6 Å². The number of carbonyl (C=O) groups excluding carboxylic acids is 1. The fourth-order valence-corrected chi connectivity index (χ4v) is 3.16. The summed E-state index contributed by atoms with van der Waals surface area (Å²) >= 11 is 3.18. The number of amides is 1. The second-order valence-corrected chi connectivity index (χ2v) is 7.98. The van der Waals surface area contributed by atoms with E-state index in [2.05, 4.69) is 21.2 Å². The summed E-state index contributed by atoms with van der Waals surface area (Å²) in [5.74, 6) is 0. The van der Waals surface area contributed by atoms with Gasteiger partial charge in [0.05, 0.1) is 15.4 Å². The summed E-state index contributed by atoms with van der Waals surface area (Å²) < 4.78 is 5.93. The normalized spacial score (nSPS) is 17.9. The third-order valence-corrected chi connectivity index (χ3v) is 4.61. The molecular weight excluding hydrogens is 390 g/mol. The molecule has 1 aliphatic heterocycles. The van der Waals surface area contributed by atoms with Crippen molar-refractivity contribution in [3.05, 3.63) is 32.8 Å². The van der Waals surface area contributed by atoms with Crippen molar-refractivity contribution in [2.24, 2.45) is 0 Å². The predicted octanol–water partition coefficient (Wildman–Crippen LogP) is 4.56. The lowest BCUT2D eigenvalue weighted by atomic mass is 10.0. The Morgan fingerprint density at radius 3 is 2.80 bits per heavy atom. The third-order valence-electron chi connectivity index (χ3n) is 3.94. The molecule has 1 unspecified atom stereocenters. The van der Waals surface area contributed by atoms with E-state index in [-0.39, 0.29) is 17.8 Å². The number of anilines is 1. The Balaban J connectivity index is 2.03. The molecule has 0 bridgehead atoms. The molecule has 2 rings (SSSR count).